The van der Waals surface area contributed by atoms with Gasteiger partial charge in [-0.25, -0.2) is 19.9 Å². The van der Waals surface area contributed by atoms with Gasteiger partial charge < -0.3 is 24.3 Å². The van der Waals surface area contributed by atoms with Crippen LogP contribution >= 0.6 is 0 Å². The number of benzene rings is 1. The Hall–Kier alpha value is -3.46. The van der Waals surface area contributed by atoms with E-state index in [4.69, 9.17) is 14.5 Å². The molecule has 9 nitrogen and oxygen atoms in total. The van der Waals surface area contributed by atoms with Crippen LogP contribution in [0, 0.1) is 0 Å². The fourth-order valence-electron chi connectivity index (χ4n) is 3.88. The van der Waals surface area contributed by atoms with E-state index in [-0.39, 0.29) is 6.04 Å². The van der Waals surface area contributed by atoms with Crippen LogP contribution in [0.4, 0.5) is 17.5 Å². The summed E-state index contributed by atoms with van der Waals surface area (Å²) in [4.78, 5) is 20.6. The molecule has 0 saturated carbocycles. The van der Waals surface area contributed by atoms with E-state index in [2.05, 4.69) is 43.6 Å². The molecular formula is C22H25N7O2. The summed E-state index contributed by atoms with van der Waals surface area (Å²) in [5, 5.41) is 4.19. The predicted octanol–water partition coefficient (Wildman–Crippen LogP) is 3.54. The molecule has 1 N–H and O–H groups in total. The van der Waals surface area contributed by atoms with Crippen molar-refractivity contribution in [3.05, 3.63) is 36.9 Å². The molecule has 1 aliphatic rings. The molecule has 0 bridgehead atoms. The van der Waals surface area contributed by atoms with Crippen LogP contribution in [0.5, 0.6) is 5.75 Å². The Kier molecular flexibility index (Phi) is 5.03. The molecule has 0 amide bonds. The maximum atomic E-state index is 5.62. The van der Waals surface area contributed by atoms with Crippen LogP contribution in [0.15, 0.2) is 36.9 Å². The maximum absolute atomic E-state index is 5.62. The number of methoxy groups -OCH3 is 1. The van der Waals surface area contributed by atoms with E-state index >= 15 is 0 Å². The molecule has 4 aromatic rings. The molecule has 4 heterocycles. The van der Waals surface area contributed by atoms with E-state index in [0.717, 1.165) is 46.5 Å². The summed E-state index contributed by atoms with van der Waals surface area (Å²) in [6.45, 7) is 7.31. The molecule has 1 fully saturated rings. The minimum atomic E-state index is 0.278. The van der Waals surface area contributed by atoms with Crippen molar-refractivity contribution in [1.29, 1.82) is 0 Å². The lowest BCUT2D eigenvalue weighted by molar-refractivity contribution is 0.122. The number of pyridine rings is 1. The Morgan fingerprint density at radius 1 is 1.10 bits per heavy atom. The molecule has 31 heavy (non-hydrogen) atoms. The van der Waals surface area contributed by atoms with Gasteiger partial charge in [0.05, 0.1) is 49.6 Å². The first-order valence-electron chi connectivity index (χ1n) is 10.4. The van der Waals surface area contributed by atoms with Gasteiger partial charge in [0.1, 0.15) is 17.1 Å². The van der Waals surface area contributed by atoms with Gasteiger partial charge in [0.25, 0.3) is 0 Å². The second-order valence-corrected chi connectivity index (χ2v) is 7.78. The molecule has 1 aromatic carbocycles. The van der Waals surface area contributed by atoms with Gasteiger partial charge in [-0.3, -0.25) is 0 Å². The molecule has 3 aromatic heterocycles. The largest absolute Gasteiger partial charge is 0.494 e. The number of aromatic nitrogens is 5. The fourth-order valence-corrected chi connectivity index (χ4v) is 3.88. The SMILES string of the molecule is COc1cc(Nc2ncc3ccc4ncn(C(C)C)c4c3n2)ncc1N1CCOCC1. The number of rotatable bonds is 5. The van der Waals surface area contributed by atoms with Gasteiger partial charge in [0, 0.05) is 36.8 Å². The standard InChI is InChI=1S/C22H25N7O2/c1-14(2)29-13-25-16-5-4-15-11-24-22(27-20(15)21(16)29)26-19-10-18(30-3)17(12-23-19)28-6-8-31-9-7-28/h4-5,10-14H,6-9H2,1-3H3,(H,23,24,26,27). The smallest absolute Gasteiger partial charge is 0.228 e. The van der Waals surface area contributed by atoms with Crippen LogP contribution < -0.4 is 15.0 Å². The minimum absolute atomic E-state index is 0.278. The summed E-state index contributed by atoms with van der Waals surface area (Å²) in [6.07, 6.45) is 5.50. The Labute approximate surface area is 180 Å². The van der Waals surface area contributed by atoms with Crippen molar-refractivity contribution in [2.75, 3.05) is 43.6 Å². The predicted molar refractivity (Wildman–Crippen MR) is 120 cm³/mol. The molecular weight excluding hydrogens is 394 g/mol. The van der Waals surface area contributed by atoms with Crippen LogP contribution in [0.2, 0.25) is 0 Å². The molecule has 1 saturated heterocycles. The van der Waals surface area contributed by atoms with Crippen molar-refractivity contribution in [3.63, 3.8) is 0 Å². The highest BCUT2D eigenvalue weighted by atomic mass is 16.5. The van der Waals surface area contributed by atoms with Crippen molar-refractivity contribution in [2.45, 2.75) is 19.9 Å². The number of nitrogens with one attached hydrogen (secondary N) is 1. The highest BCUT2D eigenvalue weighted by Gasteiger charge is 2.17. The van der Waals surface area contributed by atoms with E-state index < -0.39 is 0 Å². The summed E-state index contributed by atoms with van der Waals surface area (Å²) < 4.78 is 13.2. The average Bonchev–Trinajstić information content (AvgIpc) is 3.25. The first-order chi connectivity index (χ1) is 15.1. The first kappa shape index (κ1) is 19.5. The molecule has 0 aliphatic carbocycles. The summed E-state index contributed by atoms with van der Waals surface area (Å²) in [7, 11) is 1.67. The second kappa shape index (κ2) is 7.99. The van der Waals surface area contributed by atoms with Crippen molar-refractivity contribution in [3.8, 4) is 5.75 Å². The lowest BCUT2D eigenvalue weighted by Gasteiger charge is -2.29. The van der Waals surface area contributed by atoms with E-state index in [1.165, 1.54) is 0 Å². The molecule has 0 atom stereocenters. The Balaban J connectivity index is 1.50. The van der Waals surface area contributed by atoms with Crippen molar-refractivity contribution >= 4 is 39.4 Å². The zero-order chi connectivity index (χ0) is 21.4. The van der Waals surface area contributed by atoms with E-state index in [1.807, 2.05) is 36.9 Å². The van der Waals surface area contributed by atoms with E-state index in [0.29, 0.717) is 25.0 Å². The monoisotopic (exact) mass is 419 g/mol. The lowest BCUT2D eigenvalue weighted by atomic mass is 10.2. The lowest BCUT2D eigenvalue weighted by Crippen LogP contribution is -2.36. The quantitative estimate of drug-likeness (QED) is 0.525. The second-order valence-electron chi connectivity index (χ2n) is 7.78. The topological polar surface area (TPSA) is 90.2 Å². The van der Waals surface area contributed by atoms with Gasteiger partial charge in [0.15, 0.2) is 0 Å². The maximum Gasteiger partial charge on any atom is 0.228 e. The van der Waals surface area contributed by atoms with Crippen LogP contribution in [-0.2, 0) is 4.74 Å². The zero-order valence-electron chi connectivity index (χ0n) is 17.9. The third-order valence-electron chi connectivity index (χ3n) is 5.50. The number of nitrogens with zero attached hydrogens (tertiary/aromatic N) is 6. The van der Waals surface area contributed by atoms with Gasteiger partial charge in [-0.1, -0.05) is 0 Å². The number of ether oxygens (including phenoxy) is 2. The van der Waals surface area contributed by atoms with E-state index in [1.54, 1.807) is 7.11 Å². The number of imidazole rings is 1. The van der Waals surface area contributed by atoms with E-state index in [9.17, 15) is 0 Å². The van der Waals surface area contributed by atoms with Crippen LogP contribution in [-0.4, -0.2) is 57.9 Å². The van der Waals surface area contributed by atoms with Crippen LogP contribution in [0.3, 0.4) is 0 Å². The van der Waals surface area contributed by atoms with Crippen molar-refractivity contribution < 1.29 is 9.47 Å². The molecule has 160 valence electrons. The summed E-state index contributed by atoms with van der Waals surface area (Å²) in [5.74, 6) is 1.85. The third kappa shape index (κ3) is 3.61. The third-order valence-corrected chi connectivity index (χ3v) is 5.50. The summed E-state index contributed by atoms with van der Waals surface area (Å²) in [5.41, 5.74) is 3.74. The normalized spacial score (nSPS) is 14.5. The number of fused-ring (bicyclic) bond motifs is 3. The average molecular weight is 419 g/mol. The molecule has 9 heteroatoms. The van der Waals surface area contributed by atoms with Gasteiger partial charge in [-0.2, -0.15) is 0 Å². The van der Waals surface area contributed by atoms with Gasteiger partial charge in [-0.05, 0) is 26.0 Å². The van der Waals surface area contributed by atoms with Crippen molar-refractivity contribution in [1.82, 2.24) is 24.5 Å². The molecule has 1 aliphatic heterocycles. The summed E-state index contributed by atoms with van der Waals surface area (Å²) >= 11 is 0. The Morgan fingerprint density at radius 2 is 1.94 bits per heavy atom. The highest BCUT2D eigenvalue weighted by Crippen LogP contribution is 2.31. The molecule has 0 spiro atoms. The molecule has 0 radical (unpaired) electrons. The zero-order valence-corrected chi connectivity index (χ0v) is 17.9. The number of hydrogen-bond acceptors (Lipinski definition) is 8. The van der Waals surface area contributed by atoms with Crippen molar-refractivity contribution in [2.24, 2.45) is 0 Å². The number of morpholine rings is 1. The minimum Gasteiger partial charge on any atom is -0.494 e. The van der Waals surface area contributed by atoms with Crippen LogP contribution in [0.1, 0.15) is 19.9 Å². The Morgan fingerprint density at radius 3 is 2.71 bits per heavy atom. The van der Waals surface area contributed by atoms with Gasteiger partial charge >= 0.3 is 0 Å². The summed E-state index contributed by atoms with van der Waals surface area (Å²) in [6, 6.07) is 6.15. The fraction of sp³-hybridized carbons (Fsp3) is 0.364. The Bertz CT molecular complexity index is 1230. The number of hydrogen-bond donors (Lipinski definition) is 1. The molecule has 0 unspecified atom stereocenters. The van der Waals surface area contributed by atoms with Gasteiger partial charge in [-0.15, -0.1) is 0 Å². The first-order valence-corrected chi connectivity index (χ1v) is 10.4. The molecule has 5 rings (SSSR count). The van der Waals surface area contributed by atoms with Crippen LogP contribution in [0.25, 0.3) is 21.9 Å². The highest BCUT2D eigenvalue weighted by molar-refractivity contribution is 6.02. The van der Waals surface area contributed by atoms with Gasteiger partial charge in [0.2, 0.25) is 5.95 Å². The number of anilines is 3.